The summed E-state index contributed by atoms with van der Waals surface area (Å²) in [7, 11) is 0. The van der Waals surface area contributed by atoms with E-state index >= 15 is 4.39 Å². The third-order valence-corrected chi connectivity index (χ3v) is 5.94. The molecule has 0 aromatic heterocycles. The summed E-state index contributed by atoms with van der Waals surface area (Å²) >= 11 is 0. The van der Waals surface area contributed by atoms with Gasteiger partial charge in [-0.2, -0.15) is 8.78 Å². The molecule has 1 fully saturated rings. The summed E-state index contributed by atoms with van der Waals surface area (Å²) in [6.07, 6.45) is 1.92. The van der Waals surface area contributed by atoms with E-state index in [0.29, 0.717) is 35.5 Å². The Bertz CT molecular complexity index is 1120. The molecule has 3 aromatic rings. The van der Waals surface area contributed by atoms with Crippen LogP contribution < -0.4 is 4.74 Å². The molecule has 0 amide bonds. The van der Waals surface area contributed by atoms with Gasteiger partial charge in [-0.15, -0.1) is 0 Å². The first-order chi connectivity index (χ1) is 16.4. The van der Waals surface area contributed by atoms with Crippen LogP contribution in [0.4, 0.5) is 22.0 Å². The van der Waals surface area contributed by atoms with Crippen LogP contribution in [0.1, 0.15) is 42.7 Å². The van der Waals surface area contributed by atoms with Crippen molar-refractivity contribution in [1.29, 1.82) is 0 Å². The molecule has 0 spiro atoms. The second kappa shape index (κ2) is 10.7. The van der Waals surface area contributed by atoms with Crippen LogP contribution in [-0.4, -0.2) is 19.8 Å². The number of halogens is 5. The maximum Gasteiger partial charge on any atom is 0.387 e. The van der Waals surface area contributed by atoms with Crippen LogP contribution in [0.25, 0.3) is 10.8 Å². The third-order valence-electron chi connectivity index (χ3n) is 5.94. The van der Waals surface area contributed by atoms with Crippen molar-refractivity contribution < 1.29 is 36.2 Å². The highest BCUT2D eigenvalue weighted by Gasteiger charge is 2.23. The van der Waals surface area contributed by atoms with Crippen LogP contribution in [0, 0.1) is 23.4 Å². The maximum absolute atomic E-state index is 15.1. The predicted octanol–water partition coefficient (Wildman–Crippen LogP) is 7.11. The Hall–Kier alpha value is -2.71. The third kappa shape index (κ3) is 5.50. The van der Waals surface area contributed by atoms with Gasteiger partial charge < -0.3 is 14.2 Å². The highest BCUT2D eigenvalue weighted by molar-refractivity contribution is 5.84. The molecule has 0 N–H and O–H groups in total. The molecule has 4 rings (SSSR count). The number of benzene rings is 3. The van der Waals surface area contributed by atoms with Crippen molar-refractivity contribution in [3.05, 3.63) is 76.6 Å². The Morgan fingerprint density at radius 2 is 1.65 bits per heavy atom. The first kappa shape index (κ1) is 24.4. The van der Waals surface area contributed by atoms with E-state index in [4.69, 9.17) is 9.47 Å². The lowest BCUT2D eigenvalue weighted by Crippen LogP contribution is -2.26. The predicted molar refractivity (Wildman–Crippen MR) is 117 cm³/mol. The van der Waals surface area contributed by atoms with Gasteiger partial charge in [0, 0.05) is 16.9 Å². The fourth-order valence-electron chi connectivity index (χ4n) is 4.24. The van der Waals surface area contributed by atoms with Gasteiger partial charge in [0.2, 0.25) is 0 Å². The summed E-state index contributed by atoms with van der Waals surface area (Å²) in [5.74, 6) is -3.61. The van der Waals surface area contributed by atoms with Gasteiger partial charge in [0.15, 0.2) is 23.7 Å². The summed E-state index contributed by atoms with van der Waals surface area (Å²) in [4.78, 5) is 0. The fraction of sp³-hybridized carbons (Fsp3) is 0.385. The summed E-state index contributed by atoms with van der Waals surface area (Å²) in [5.41, 5.74) is 1.40. The van der Waals surface area contributed by atoms with E-state index in [2.05, 4.69) is 11.7 Å². The molecule has 1 aliphatic rings. The highest BCUT2D eigenvalue weighted by Crippen LogP contribution is 2.31. The first-order valence-electron chi connectivity index (χ1n) is 11.2. The summed E-state index contributed by atoms with van der Waals surface area (Å²) < 4.78 is 83.1. The Labute approximate surface area is 194 Å². The van der Waals surface area contributed by atoms with Gasteiger partial charge in [-0.05, 0) is 54.0 Å². The SMILES string of the molecule is CCCC1COC(c2ccc3c(F)c(CCc4cc(F)c(OC(F)F)c(F)c4)ccc3c2)OC1. The standard InChI is InChI=1S/C26H25F5O3/c1-2-3-16-13-32-25(33-14-16)19-8-9-20-18(12-19)7-6-17(23(20)29)5-4-15-10-21(27)24(22(28)11-15)34-26(30)31/h6-12,16,25-26H,2-5,13-14H2,1H3. The number of rotatable bonds is 8. The van der Waals surface area contributed by atoms with E-state index in [1.54, 1.807) is 24.3 Å². The van der Waals surface area contributed by atoms with E-state index in [1.165, 1.54) is 0 Å². The van der Waals surface area contributed by atoms with Gasteiger partial charge in [-0.1, -0.05) is 37.6 Å². The van der Waals surface area contributed by atoms with E-state index in [9.17, 15) is 17.6 Å². The van der Waals surface area contributed by atoms with Crippen molar-refractivity contribution in [2.45, 2.75) is 45.5 Å². The smallest absolute Gasteiger partial charge is 0.387 e. The average Bonchev–Trinajstić information content (AvgIpc) is 2.81. The number of fused-ring (bicyclic) bond motifs is 1. The van der Waals surface area contributed by atoms with Gasteiger partial charge in [0.05, 0.1) is 13.2 Å². The van der Waals surface area contributed by atoms with Gasteiger partial charge in [0.25, 0.3) is 0 Å². The van der Waals surface area contributed by atoms with Crippen LogP contribution in [0.2, 0.25) is 0 Å². The van der Waals surface area contributed by atoms with Gasteiger partial charge in [0.1, 0.15) is 5.82 Å². The number of aryl methyl sites for hydroxylation is 2. The second-order valence-electron chi connectivity index (χ2n) is 8.44. The van der Waals surface area contributed by atoms with Gasteiger partial charge in [-0.25, -0.2) is 13.2 Å². The van der Waals surface area contributed by atoms with Crippen LogP contribution in [0.3, 0.4) is 0 Å². The lowest BCUT2D eigenvalue weighted by atomic mass is 9.98. The summed E-state index contributed by atoms with van der Waals surface area (Å²) in [5, 5.41) is 1.10. The molecule has 0 aliphatic carbocycles. The van der Waals surface area contributed by atoms with E-state index < -0.39 is 36.1 Å². The van der Waals surface area contributed by atoms with Crippen LogP contribution >= 0.6 is 0 Å². The quantitative estimate of drug-likeness (QED) is 0.322. The van der Waals surface area contributed by atoms with Crippen molar-refractivity contribution in [2.75, 3.05) is 13.2 Å². The Balaban J connectivity index is 1.46. The maximum atomic E-state index is 15.1. The van der Waals surface area contributed by atoms with E-state index in [-0.39, 0.29) is 18.4 Å². The molecule has 0 bridgehead atoms. The zero-order chi connectivity index (χ0) is 24.2. The normalized spacial score (nSPS) is 18.6. The molecule has 182 valence electrons. The minimum absolute atomic E-state index is 0.117. The summed E-state index contributed by atoms with van der Waals surface area (Å²) in [6, 6.07) is 10.5. The van der Waals surface area contributed by atoms with Crippen molar-refractivity contribution >= 4 is 10.8 Å². The largest absolute Gasteiger partial charge is 0.429 e. The first-order valence-corrected chi connectivity index (χ1v) is 11.2. The molecule has 3 nitrogen and oxygen atoms in total. The zero-order valence-electron chi connectivity index (χ0n) is 18.6. The van der Waals surface area contributed by atoms with E-state index in [0.717, 1.165) is 30.5 Å². The molecular weight excluding hydrogens is 455 g/mol. The van der Waals surface area contributed by atoms with Crippen molar-refractivity contribution in [3.63, 3.8) is 0 Å². The Kier molecular flexibility index (Phi) is 7.68. The summed E-state index contributed by atoms with van der Waals surface area (Å²) in [6.45, 7) is 0.0351. The molecule has 0 saturated carbocycles. The molecule has 1 aliphatic heterocycles. The average molecular weight is 480 g/mol. The molecule has 0 unspecified atom stereocenters. The minimum atomic E-state index is -3.34. The van der Waals surface area contributed by atoms with Gasteiger partial charge in [-0.3, -0.25) is 0 Å². The van der Waals surface area contributed by atoms with Gasteiger partial charge >= 0.3 is 6.61 Å². The second-order valence-corrected chi connectivity index (χ2v) is 8.44. The monoisotopic (exact) mass is 480 g/mol. The zero-order valence-corrected chi connectivity index (χ0v) is 18.6. The number of hydrogen-bond acceptors (Lipinski definition) is 3. The van der Waals surface area contributed by atoms with Crippen molar-refractivity contribution in [2.24, 2.45) is 5.92 Å². The Morgan fingerprint density at radius 1 is 0.941 bits per heavy atom. The molecule has 3 aromatic carbocycles. The van der Waals surface area contributed by atoms with Crippen molar-refractivity contribution in [1.82, 2.24) is 0 Å². The fourth-order valence-corrected chi connectivity index (χ4v) is 4.24. The molecule has 8 heteroatoms. The Morgan fingerprint density at radius 3 is 2.29 bits per heavy atom. The topological polar surface area (TPSA) is 27.7 Å². The molecular formula is C26H25F5O3. The highest BCUT2D eigenvalue weighted by atomic mass is 19.3. The lowest BCUT2D eigenvalue weighted by molar-refractivity contribution is -0.206. The molecule has 1 saturated heterocycles. The molecule has 0 radical (unpaired) electrons. The molecule has 1 heterocycles. The number of hydrogen-bond donors (Lipinski definition) is 0. The molecule has 34 heavy (non-hydrogen) atoms. The number of ether oxygens (including phenoxy) is 3. The van der Waals surface area contributed by atoms with Crippen LogP contribution in [0.5, 0.6) is 5.75 Å². The van der Waals surface area contributed by atoms with Crippen LogP contribution in [-0.2, 0) is 22.3 Å². The van der Waals surface area contributed by atoms with Crippen molar-refractivity contribution in [3.8, 4) is 5.75 Å². The van der Waals surface area contributed by atoms with Crippen LogP contribution in [0.15, 0.2) is 42.5 Å². The van der Waals surface area contributed by atoms with E-state index in [1.807, 2.05) is 6.07 Å². The minimum Gasteiger partial charge on any atom is -0.429 e. The molecule has 0 atom stereocenters. The lowest BCUT2D eigenvalue weighted by Gasteiger charge is -2.29. The number of alkyl halides is 2.